The van der Waals surface area contributed by atoms with E-state index < -0.39 is 18.9 Å². The van der Waals surface area contributed by atoms with Crippen molar-refractivity contribution in [3.63, 3.8) is 0 Å². The molecule has 0 radical (unpaired) electrons. The van der Waals surface area contributed by atoms with Crippen LogP contribution in [0.15, 0.2) is 18.2 Å². The molecule has 1 aromatic carbocycles. The number of carbonyl (C=O) groups excluding carboxylic acids is 1. The second-order valence-electron chi connectivity index (χ2n) is 3.88. The number of anilines is 2. The standard InChI is InChI=1S/C11H12ClF3N2O2/c1-17(2)9-4-3-7(5-8(9)12)16-10(18)19-6-11(13,14)15/h3-5H,6H2,1-2H3,(H,16,18). The number of nitrogens with zero attached hydrogens (tertiary/aromatic N) is 1. The topological polar surface area (TPSA) is 41.6 Å². The number of nitrogens with one attached hydrogen (secondary N) is 1. The Hall–Kier alpha value is -1.63. The molecule has 4 nitrogen and oxygen atoms in total. The highest BCUT2D eigenvalue weighted by molar-refractivity contribution is 6.33. The first-order valence-corrected chi connectivity index (χ1v) is 5.54. The number of halogens is 4. The monoisotopic (exact) mass is 296 g/mol. The molecular formula is C11H12ClF3N2O2. The van der Waals surface area contributed by atoms with E-state index in [4.69, 9.17) is 11.6 Å². The Morgan fingerprint density at radius 2 is 2.05 bits per heavy atom. The number of ether oxygens (including phenoxy) is 1. The molecule has 8 heteroatoms. The lowest BCUT2D eigenvalue weighted by molar-refractivity contribution is -0.159. The second kappa shape index (κ2) is 6.01. The second-order valence-corrected chi connectivity index (χ2v) is 4.28. The zero-order valence-corrected chi connectivity index (χ0v) is 11.0. The Morgan fingerprint density at radius 3 is 2.53 bits per heavy atom. The molecule has 0 heterocycles. The maximum atomic E-state index is 11.8. The molecule has 1 N–H and O–H groups in total. The minimum atomic E-state index is -4.55. The normalized spacial score (nSPS) is 11.1. The first-order valence-electron chi connectivity index (χ1n) is 5.16. The highest BCUT2D eigenvalue weighted by atomic mass is 35.5. The van der Waals surface area contributed by atoms with Crippen molar-refractivity contribution >= 4 is 29.1 Å². The summed E-state index contributed by atoms with van der Waals surface area (Å²) in [4.78, 5) is 12.9. The SMILES string of the molecule is CN(C)c1ccc(NC(=O)OCC(F)(F)F)cc1Cl. The summed E-state index contributed by atoms with van der Waals surface area (Å²) in [5.74, 6) is 0. The smallest absolute Gasteiger partial charge is 0.422 e. The predicted octanol–water partition coefficient (Wildman–Crippen LogP) is 3.52. The number of hydrogen-bond acceptors (Lipinski definition) is 3. The van der Waals surface area contributed by atoms with E-state index in [2.05, 4.69) is 10.1 Å². The van der Waals surface area contributed by atoms with Crippen molar-refractivity contribution in [1.29, 1.82) is 0 Å². The summed E-state index contributed by atoms with van der Waals surface area (Å²) in [7, 11) is 3.57. The number of amides is 1. The van der Waals surface area contributed by atoms with Gasteiger partial charge in [-0.2, -0.15) is 13.2 Å². The van der Waals surface area contributed by atoms with Gasteiger partial charge in [-0.15, -0.1) is 0 Å². The van der Waals surface area contributed by atoms with Crippen molar-refractivity contribution in [3.05, 3.63) is 23.2 Å². The summed E-state index contributed by atoms with van der Waals surface area (Å²) in [6.07, 6.45) is -5.74. The number of rotatable bonds is 3. The zero-order chi connectivity index (χ0) is 14.6. The van der Waals surface area contributed by atoms with E-state index in [0.29, 0.717) is 5.02 Å². The van der Waals surface area contributed by atoms with Gasteiger partial charge in [-0.05, 0) is 18.2 Å². The lowest BCUT2D eigenvalue weighted by Crippen LogP contribution is -2.23. The molecule has 1 rings (SSSR count). The van der Waals surface area contributed by atoms with Crippen LogP contribution in [-0.4, -0.2) is 33.0 Å². The van der Waals surface area contributed by atoms with Crippen molar-refractivity contribution < 1.29 is 22.7 Å². The van der Waals surface area contributed by atoms with E-state index in [9.17, 15) is 18.0 Å². The van der Waals surface area contributed by atoms with Gasteiger partial charge < -0.3 is 9.64 Å². The summed E-state index contributed by atoms with van der Waals surface area (Å²) < 4.78 is 39.5. The van der Waals surface area contributed by atoms with Gasteiger partial charge in [-0.25, -0.2) is 4.79 Å². The molecule has 0 aromatic heterocycles. The number of hydrogen-bond donors (Lipinski definition) is 1. The van der Waals surface area contributed by atoms with Crippen molar-refractivity contribution in [1.82, 2.24) is 0 Å². The Bertz CT molecular complexity index is 464. The molecule has 0 fully saturated rings. The number of alkyl halides is 3. The molecule has 19 heavy (non-hydrogen) atoms. The molecule has 0 atom stereocenters. The molecule has 1 aromatic rings. The van der Waals surface area contributed by atoms with Crippen LogP contribution in [-0.2, 0) is 4.74 Å². The van der Waals surface area contributed by atoms with Gasteiger partial charge in [0.15, 0.2) is 6.61 Å². The molecule has 0 spiro atoms. The first kappa shape index (κ1) is 15.4. The quantitative estimate of drug-likeness (QED) is 0.928. The van der Waals surface area contributed by atoms with Gasteiger partial charge >= 0.3 is 12.3 Å². The maximum absolute atomic E-state index is 11.8. The van der Waals surface area contributed by atoms with E-state index >= 15 is 0 Å². The fourth-order valence-corrected chi connectivity index (χ4v) is 1.60. The zero-order valence-electron chi connectivity index (χ0n) is 10.2. The molecule has 0 aliphatic carbocycles. The van der Waals surface area contributed by atoms with Crippen LogP contribution < -0.4 is 10.2 Å². The minimum Gasteiger partial charge on any atom is -0.440 e. The summed E-state index contributed by atoms with van der Waals surface area (Å²) in [5, 5.41) is 2.52. The van der Waals surface area contributed by atoms with Crippen LogP contribution in [0.1, 0.15) is 0 Å². The lowest BCUT2D eigenvalue weighted by Gasteiger charge is -2.15. The summed E-state index contributed by atoms with van der Waals surface area (Å²) in [6, 6.07) is 4.56. The van der Waals surface area contributed by atoms with Crippen molar-refractivity contribution in [3.8, 4) is 0 Å². The van der Waals surface area contributed by atoms with Gasteiger partial charge in [0.05, 0.1) is 10.7 Å². The third-order valence-electron chi connectivity index (χ3n) is 2.04. The van der Waals surface area contributed by atoms with E-state index in [1.807, 2.05) is 0 Å². The van der Waals surface area contributed by atoms with Crippen LogP contribution in [0.2, 0.25) is 5.02 Å². The molecule has 0 saturated heterocycles. The average molecular weight is 297 g/mol. The minimum absolute atomic E-state index is 0.253. The van der Waals surface area contributed by atoms with Crippen molar-refractivity contribution in [2.75, 3.05) is 30.9 Å². The number of carbonyl (C=O) groups is 1. The molecule has 106 valence electrons. The van der Waals surface area contributed by atoms with E-state index in [1.54, 1.807) is 25.1 Å². The molecule has 0 bridgehead atoms. The molecule has 0 aliphatic heterocycles. The third kappa shape index (κ3) is 5.25. The number of benzene rings is 1. The maximum Gasteiger partial charge on any atom is 0.422 e. The fourth-order valence-electron chi connectivity index (χ4n) is 1.25. The van der Waals surface area contributed by atoms with Gasteiger partial charge in [-0.3, -0.25) is 5.32 Å². The summed E-state index contributed by atoms with van der Waals surface area (Å²) in [6.45, 7) is -1.64. The Balaban J connectivity index is 2.63. The summed E-state index contributed by atoms with van der Waals surface area (Å²) >= 11 is 5.94. The third-order valence-corrected chi connectivity index (χ3v) is 2.35. The van der Waals surface area contributed by atoms with Crippen LogP contribution >= 0.6 is 11.6 Å². The Morgan fingerprint density at radius 1 is 1.42 bits per heavy atom. The average Bonchev–Trinajstić information content (AvgIpc) is 2.25. The van der Waals surface area contributed by atoms with Gasteiger partial charge in [0.1, 0.15) is 0 Å². The predicted molar refractivity (Wildman–Crippen MR) is 66.8 cm³/mol. The van der Waals surface area contributed by atoms with Crippen molar-refractivity contribution in [2.24, 2.45) is 0 Å². The van der Waals surface area contributed by atoms with Crippen LogP contribution in [0.5, 0.6) is 0 Å². The Labute approximate surface area is 113 Å². The Kier molecular flexibility index (Phi) is 4.88. The van der Waals surface area contributed by atoms with Gasteiger partial charge in [0, 0.05) is 19.8 Å². The van der Waals surface area contributed by atoms with Crippen molar-refractivity contribution in [2.45, 2.75) is 6.18 Å². The molecular weight excluding hydrogens is 285 g/mol. The highest BCUT2D eigenvalue weighted by Crippen LogP contribution is 2.27. The molecule has 1 amide bonds. The molecule has 0 unspecified atom stereocenters. The first-order chi connectivity index (χ1) is 8.69. The van der Waals surface area contributed by atoms with E-state index in [-0.39, 0.29) is 5.69 Å². The van der Waals surface area contributed by atoms with Crippen LogP contribution in [0.3, 0.4) is 0 Å². The lowest BCUT2D eigenvalue weighted by atomic mass is 10.2. The largest absolute Gasteiger partial charge is 0.440 e. The molecule has 0 saturated carbocycles. The van der Waals surface area contributed by atoms with E-state index in [0.717, 1.165) is 5.69 Å². The van der Waals surface area contributed by atoms with Crippen LogP contribution in [0, 0.1) is 0 Å². The van der Waals surface area contributed by atoms with Gasteiger partial charge in [0.2, 0.25) is 0 Å². The van der Waals surface area contributed by atoms with E-state index in [1.165, 1.54) is 12.1 Å². The fraction of sp³-hybridized carbons (Fsp3) is 0.364. The van der Waals surface area contributed by atoms with Gasteiger partial charge in [-0.1, -0.05) is 11.6 Å². The summed E-state index contributed by atoms with van der Waals surface area (Å²) in [5.41, 5.74) is 0.971. The molecule has 0 aliphatic rings. The van der Waals surface area contributed by atoms with Gasteiger partial charge in [0.25, 0.3) is 0 Å². The van der Waals surface area contributed by atoms with Crippen LogP contribution in [0.4, 0.5) is 29.3 Å². The highest BCUT2D eigenvalue weighted by Gasteiger charge is 2.29. The van der Waals surface area contributed by atoms with Crippen LogP contribution in [0.25, 0.3) is 0 Å².